The van der Waals surface area contributed by atoms with Crippen molar-refractivity contribution in [2.24, 2.45) is 5.92 Å². The van der Waals surface area contributed by atoms with Crippen LogP contribution in [-0.2, 0) is 11.3 Å². The van der Waals surface area contributed by atoms with Gasteiger partial charge in [-0.1, -0.05) is 30.3 Å². The molecule has 1 fully saturated rings. The number of hydrogen-bond donors (Lipinski definition) is 0. The third-order valence-corrected chi connectivity index (χ3v) is 2.61. The number of rotatable bonds is 2. The molecule has 1 atom stereocenters. The van der Waals surface area contributed by atoms with Crippen LogP contribution >= 0.6 is 0 Å². The second-order valence-corrected chi connectivity index (χ2v) is 3.79. The summed E-state index contributed by atoms with van der Waals surface area (Å²) in [6.45, 7) is 1.20. The van der Waals surface area contributed by atoms with E-state index in [4.69, 9.17) is 5.26 Å². The highest BCUT2D eigenvalue weighted by atomic mass is 16.2. The third kappa shape index (κ3) is 2.16. The largest absolute Gasteiger partial charge is 0.337 e. The lowest BCUT2D eigenvalue weighted by Crippen LogP contribution is -2.24. The first-order chi connectivity index (χ1) is 7.29. The van der Waals surface area contributed by atoms with Crippen LogP contribution in [0.5, 0.6) is 0 Å². The summed E-state index contributed by atoms with van der Waals surface area (Å²) in [6.07, 6.45) is 0.378. The Hall–Kier alpha value is -1.82. The van der Waals surface area contributed by atoms with Gasteiger partial charge in [0.15, 0.2) is 0 Å². The maximum Gasteiger partial charge on any atom is 0.224 e. The molecule has 0 aromatic heterocycles. The monoisotopic (exact) mass is 200 g/mol. The number of hydrogen-bond acceptors (Lipinski definition) is 2. The maximum atomic E-state index is 11.5. The fourth-order valence-corrected chi connectivity index (χ4v) is 1.82. The Morgan fingerprint density at radius 1 is 1.40 bits per heavy atom. The summed E-state index contributed by atoms with van der Waals surface area (Å²) in [4.78, 5) is 13.3. The molecule has 15 heavy (non-hydrogen) atoms. The highest BCUT2D eigenvalue weighted by Gasteiger charge is 2.29. The molecule has 2 rings (SSSR count). The fourth-order valence-electron chi connectivity index (χ4n) is 1.82. The molecule has 0 radical (unpaired) electrons. The Balaban J connectivity index is 2.02. The lowest BCUT2D eigenvalue weighted by Gasteiger charge is -2.15. The second kappa shape index (κ2) is 4.14. The van der Waals surface area contributed by atoms with Crippen molar-refractivity contribution < 1.29 is 4.79 Å². The zero-order valence-electron chi connectivity index (χ0n) is 8.39. The summed E-state index contributed by atoms with van der Waals surface area (Å²) in [5.41, 5.74) is 1.12. The molecular formula is C12H12N2O. The molecule has 1 aromatic rings. The van der Waals surface area contributed by atoms with Crippen LogP contribution in [-0.4, -0.2) is 17.4 Å². The van der Waals surface area contributed by atoms with E-state index >= 15 is 0 Å². The predicted molar refractivity (Wildman–Crippen MR) is 55.6 cm³/mol. The average molecular weight is 200 g/mol. The number of nitrogens with zero attached hydrogens (tertiary/aromatic N) is 2. The summed E-state index contributed by atoms with van der Waals surface area (Å²) in [5, 5.41) is 8.74. The van der Waals surface area contributed by atoms with Gasteiger partial charge in [-0.15, -0.1) is 0 Å². The molecule has 3 nitrogen and oxygen atoms in total. The van der Waals surface area contributed by atoms with Crippen molar-refractivity contribution in [2.45, 2.75) is 13.0 Å². The first-order valence-corrected chi connectivity index (χ1v) is 5.01. The van der Waals surface area contributed by atoms with Gasteiger partial charge in [-0.3, -0.25) is 4.79 Å². The van der Waals surface area contributed by atoms with E-state index in [1.165, 1.54) is 0 Å². The quantitative estimate of drug-likeness (QED) is 0.727. The molecule has 1 amide bonds. The second-order valence-electron chi connectivity index (χ2n) is 3.79. The van der Waals surface area contributed by atoms with Gasteiger partial charge in [0.1, 0.15) is 0 Å². The lowest BCUT2D eigenvalue weighted by molar-refractivity contribution is -0.128. The smallest absolute Gasteiger partial charge is 0.224 e. The van der Waals surface area contributed by atoms with Gasteiger partial charge in [0.2, 0.25) is 5.91 Å². The van der Waals surface area contributed by atoms with E-state index < -0.39 is 0 Å². The highest BCUT2D eigenvalue weighted by Crippen LogP contribution is 2.19. The van der Waals surface area contributed by atoms with Gasteiger partial charge < -0.3 is 4.90 Å². The number of amides is 1. The Kier molecular flexibility index (Phi) is 2.68. The van der Waals surface area contributed by atoms with Gasteiger partial charge in [0.25, 0.3) is 0 Å². The molecule has 0 spiro atoms. The molecule has 3 heteroatoms. The highest BCUT2D eigenvalue weighted by molar-refractivity contribution is 5.79. The summed E-state index contributed by atoms with van der Waals surface area (Å²) >= 11 is 0. The summed E-state index contributed by atoms with van der Waals surface area (Å²) < 4.78 is 0. The summed E-state index contributed by atoms with van der Waals surface area (Å²) in [5.74, 6) is -0.0355. The number of carbonyl (C=O) groups is 1. The first kappa shape index (κ1) is 9.72. The van der Waals surface area contributed by atoms with E-state index in [2.05, 4.69) is 6.07 Å². The van der Waals surface area contributed by atoms with E-state index in [9.17, 15) is 4.79 Å². The number of carbonyl (C=O) groups excluding carboxylic acids is 1. The molecular weight excluding hydrogens is 188 g/mol. The van der Waals surface area contributed by atoms with Crippen molar-refractivity contribution in [3.63, 3.8) is 0 Å². The van der Waals surface area contributed by atoms with Crippen LogP contribution in [0.4, 0.5) is 0 Å². The SMILES string of the molecule is N#C[C@@H]1CC(=O)N(Cc2ccccc2)C1. The van der Waals surface area contributed by atoms with Crippen LogP contribution in [0.3, 0.4) is 0 Å². The minimum absolute atomic E-state index is 0.0883. The van der Waals surface area contributed by atoms with Gasteiger partial charge in [0.05, 0.1) is 12.0 Å². The van der Waals surface area contributed by atoms with Crippen molar-refractivity contribution in [3.8, 4) is 6.07 Å². The molecule has 0 unspecified atom stereocenters. The summed E-state index contributed by atoms with van der Waals surface area (Å²) in [6, 6.07) is 12.0. The molecule has 1 heterocycles. The molecule has 76 valence electrons. The zero-order chi connectivity index (χ0) is 10.7. The Labute approximate surface area is 88.9 Å². The van der Waals surface area contributed by atoms with E-state index in [0.29, 0.717) is 19.5 Å². The van der Waals surface area contributed by atoms with Crippen molar-refractivity contribution in [2.75, 3.05) is 6.54 Å². The molecule has 1 aliphatic heterocycles. The molecule has 0 saturated carbocycles. The van der Waals surface area contributed by atoms with Crippen LogP contribution in [0.15, 0.2) is 30.3 Å². The minimum atomic E-state index is -0.124. The Bertz CT molecular complexity index is 394. The van der Waals surface area contributed by atoms with Crippen LogP contribution < -0.4 is 0 Å². The van der Waals surface area contributed by atoms with E-state index in [0.717, 1.165) is 5.56 Å². The van der Waals surface area contributed by atoms with Crippen LogP contribution in [0.2, 0.25) is 0 Å². The van der Waals surface area contributed by atoms with E-state index in [-0.39, 0.29) is 11.8 Å². The average Bonchev–Trinajstić information content (AvgIpc) is 2.61. The Morgan fingerprint density at radius 3 is 2.73 bits per heavy atom. The molecule has 1 saturated heterocycles. The van der Waals surface area contributed by atoms with Crippen molar-refractivity contribution >= 4 is 5.91 Å². The Morgan fingerprint density at radius 2 is 2.13 bits per heavy atom. The van der Waals surface area contributed by atoms with Gasteiger partial charge in [-0.05, 0) is 5.56 Å². The van der Waals surface area contributed by atoms with Crippen LogP contribution in [0.25, 0.3) is 0 Å². The molecule has 0 N–H and O–H groups in total. The van der Waals surface area contributed by atoms with Gasteiger partial charge >= 0.3 is 0 Å². The minimum Gasteiger partial charge on any atom is -0.337 e. The van der Waals surface area contributed by atoms with Gasteiger partial charge in [0, 0.05) is 19.5 Å². The number of likely N-dealkylation sites (tertiary alicyclic amines) is 1. The van der Waals surface area contributed by atoms with Crippen molar-refractivity contribution in [3.05, 3.63) is 35.9 Å². The van der Waals surface area contributed by atoms with Crippen LogP contribution in [0, 0.1) is 17.2 Å². The normalized spacial score (nSPS) is 20.3. The van der Waals surface area contributed by atoms with E-state index in [1.807, 2.05) is 30.3 Å². The molecule has 1 aromatic carbocycles. The van der Waals surface area contributed by atoms with E-state index in [1.54, 1.807) is 4.90 Å². The standard InChI is InChI=1S/C12H12N2O/c13-7-11-6-12(15)14(9-11)8-10-4-2-1-3-5-10/h1-5,11H,6,8-9H2/t11-/m0/s1. The first-order valence-electron chi connectivity index (χ1n) is 5.01. The van der Waals surface area contributed by atoms with Crippen molar-refractivity contribution in [1.29, 1.82) is 5.26 Å². The van der Waals surface area contributed by atoms with Crippen LogP contribution in [0.1, 0.15) is 12.0 Å². The predicted octanol–water partition coefficient (Wildman–Crippen LogP) is 1.56. The summed E-state index contributed by atoms with van der Waals surface area (Å²) in [7, 11) is 0. The fraction of sp³-hybridized carbons (Fsp3) is 0.333. The maximum absolute atomic E-state index is 11.5. The van der Waals surface area contributed by atoms with Gasteiger partial charge in [-0.25, -0.2) is 0 Å². The van der Waals surface area contributed by atoms with Gasteiger partial charge in [-0.2, -0.15) is 5.26 Å². The molecule has 1 aliphatic rings. The zero-order valence-corrected chi connectivity index (χ0v) is 8.39. The number of nitriles is 1. The molecule has 0 bridgehead atoms. The lowest BCUT2D eigenvalue weighted by atomic mass is 10.1. The molecule has 0 aliphatic carbocycles. The third-order valence-electron chi connectivity index (χ3n) is 2.61. The number of benzene rings is 1. The topological polar surface area (TPSA) is 44.1 Å². The van der Waals surface area contributed by atoms with Crippen molar-refractivity contribution in [1.82, 2.24) is 4.90 Å².